The molecule has 1 aromatic heterocycles. The van der Waals surface area contributed by atoms with E-state index >= 15 is 0 Å². The highest BCUT2D eigenvalue weighted by molar-refractivity contribution is 5.20. The fraction of sp³-hybridized carbons (Fsp3) is 0.750. The molecule has 0 atom stereocenters. The molecule has 0 unspecified atom stereocenters. The van der Waals surface area contributed by atoms with Gasteiger partial charge in [0.2, 0.25) is 0 Å². The van der Waals surface area contributed by atoms with E-state index in [2.05, 4.69) is 37.1 Å². The lowest BCUT2D eigenvalue weighted by molar-refractivity contribution is 0.103. The molecule has 0 amide bonds. The number of hydrogen-bond acceptors (Lipinski definition) is 3. The number of piperidine rings is 1. The minimum absolute atomic E-state index is 0.562. The number of hydrogen-bond donors (Lipinski definition) is 1. The molecule has 108 valence electrons. The van der Waals surface area contributed by atoms with Crippen LogP contribution in [0.2, 0.25) is 0 Å². The van der Waals surface area contributed by atoms with Gasteiger partial charge in [0.05, 0.1) is 13.1 Å². The Morgan fingerprint density at radius 1 is 1.37 bits per heavy atom. The Hall–Kier alpha value is -0.800. The molecule has 0 aromatic carbocycles. The minimum atomic E-state index is 0.562. The molecular weight excluding hydrogens is 236 g/mol. The Morgan fingerprint density at radius 2 is 2.05 bits per heavy atom. The van der Waals surface area contributed by atoms with E-state index in [1.165, 1.54) is 37.9 Å². The fourth-order valence-corrected chi connectivity index (χ4v) is 2.83. The standard InChI is InChI=1S/C16H28N2O/c1-5-16(3)6-8-18(9-7-16)12-14-10-13(2)15(19-14)11-17-4/h10,17H,5-9,11-12H2,1-4H3. The highest BCUT2D eigenvalue weighted by Crippen LogP contribution is 2.34. The van der Waals surface area contributed by atoms with Crippen molar-refractivity contribution in [2.45, 2.75) is 53.1 Å². The third kappa shape index (κ3) is 3.61. The van der Waals surface area contributed by atoms with Crippen molar-refractivity contribution >= 4 is 0 Å². The molecule has 1 fully saturated rings. The molecule has 0 spiro atoms. The van der Waals surface area contributed by atoms with Crippen molar-refractivity contribution in [1.82, 2.24) is 10.2 Å². The van der Waals surface area contributed by atoms with Gasteiger partial charge in [-0.25, -0.2) is 0 Å². The van der Waals surface area contributed by atoms with Crippen molar-refractivity contribution < 1.29 is 4.42 Å². The summed E-state index contributed by atoms with van der Waals surface area (Å²) in [6, 6.07) is 2.19. The maximum Gasteiger partial charge on any atom is 0.120 e. The lowest BCUT2D eigenvalue weighted by atomic mass is 9.78. The topological polar surface area (TPSA) is 28.4 Å². The predicted octanol–water partition coefficient (Wildman–Crippen LogP) is 3.32. The van der Waals surface area contributed by atoms with Crippen LogP contribution in [0.25, 0.3) is 0 Å². The number of rotatable bonds is 5. The summed E-state index contributed by atoms with van der Waals surface area (Å²) >= 11 is 0. The van der Waals surface area contributed by atoms with Gasteiger partial charge in [0.15, 0.2) is 0 Å². The van der Waals surface area contributed by atoms with Crippen molar-refractivity contribution in [3.8, 4) is 0 Å². The van der Waals surface area contributed by atoms with Gasteiger partial charge < -0.3 is 9.73 Å². The van der Waals surface area contributed by atoms with E-state index < -0.39 is 0 Å². The Labute approximate surface area is 117 Å². The number of nitrogens with zero attached hydrogens (tertiary/aromatic N) is 1. The molecule has 2 heterocycles. The van der Waals surface area contributed by atoms with E-state index in [1.54, 1.807) is 0 Å². The quantitative estimate of drug-likeness (QED) is 0.884. The third-order valence-electron chi connectivity index (χ3n) is 4.71. The van der Waals surface area contributed by atoms with Gasteiger partial charge in [0.25, 0.3) is 0 Å². The van der Waals surface area contributed by atoms with Gasteiger partial charge >= 0.3 is 0 Å². The second kappa shape index (κ2) is 6.10. The lowest BCUT2D eigenvalue weighted by Gasteiger charge is -2.38. The summed E-state index contributed by atoms with van der Waals surface area (Å²) in [5, 5.41) is 3.15. The maximum absolute atomic E-state index is 5.93. The van der Waals surface area contributed by atoms with Gasteiger partial charge in [-0.3, -0.25) is 4.90 Å². The molecule has 0 bridgehead atoms. The largest absolute Gasteiger partial charge is 0.463 e. The van der Waals surface area contributed by atoms with Gasteiger partial charge in [-0.15, -0.1) is 0 Å². The van der Waals surface area contributed by atoms with Crippen LogP contribution in [0.4, 0.5) is 0 Å². The Balaban J connectivity index is 1.90. The molecule has 1 saturated heterocycles. The first-order valence-electron chi connectivity index (χ1n) is 7.51. The minimum Gasteiger partial charge on any atom is -0.463 e. The molecule has 3 nitrogen and oxygen atoms in total. The molecule has 0 aliphatic carbocycles. The summed E-state index contributed by atoms with van der Waals surface area (Å²) < 4.78 is 5.93. The van der Waals surface area contributed by atoms with Gasteiger partial charge in [-0.05, 0) is 56.9 Å². The van der Waals surface area contributed by atoms with Crippen LogP contribution in [-0.4, -0.2) is 25.0 Å². The van der Waals surface area contributed by atoms with Crippen LogP contribution in [0.3, 0.4) is 0 Å². The van der Waals surface area contributed by atoms with Gasteiger partial charge in [0.1, 0.15) is 11.5 Å². The Morgan fingerprint density at radius 3 is 2.63 bits per heavy atom. The normalized spacial score (nSPS) is 19.8. The molecular formula is C16H28N2O. The van der Waals surface area contributed by atoms with Crippen LogP contribution < -0.4 is 5.32 Å². The molecule has 19 heavy (non-hydrogen) atoms. The number of aryl methyl sites for hydroxylation is 1. The molecule has 2 rings (SSSR count). The molecule has 1 aliphatic heterocycles. The predicted molar refractivity (Wildman–Crippen MR) is 79.1 cm³/mol. The SMILES string of the molecule is CCC1(C)CCN(Cc2cc(C)c(CNC)o2)CC1. The second-order valence-electron chi connectivity index (χ2n) is 6.29. The van der Waals surface area contributed by atoms with Crippen molar-refractivity contribution in [2.75, 3.05) is 20.1 Å². The average molecular weight is 264 g/mol. The summed E-state index contributed by atoms with van der Waals surface area (Å²) in [7, 11) is 1.96. The first-order valence-corrected chi connectivity index (χ1v) is 7.51. The molecule has 1 N–H and O–H groups in total. The molecule has 0 radical (unpaired) electrons. The van der Waals surface area contributed by atoms with Gasteiger partial charge in [-0.2, -0.15) is 0 Å². The monoisotopic (exact) mass is 264 g/mol. The number of nitrogens with one attached hydrogen (secondary N) is 1. The van der Waals surface area contributed by atoms with E-state index in [0.29, 0.717) is 5.41 Å². The van der Waals surface area contributed by atoms with Crippen molar-refractivity contribution in [3.05, 3.63) is 23.2 Å². The maximum atomic E-state index is 5.93. The zero-order chi connectivity index (χ0) is 13.9. The molecule has 1 aromatic rings. The average Bonchev–Trinajstić information content (AvgIpc) is 2.74. The van der Waals surface area contributed by atoms with Crippen LogP contribution in [0, 0.1) is 12.3 Å². The van der Waals surface area contributed by atoms with Crippen molar-refractivity contribution in [3.63, 3.8) is 0 Å². The van der Waals surface area contributed by atoms with Gasteiger partial charge in [0, 0.05) is 0 Å². The summed E-state index contributed by atoms with van der Waals surface area (Å²) in [6.07, 6.45) is 3.92. The summed E-state index contributed by atoms with van der Waals surface area (Å²) in [5.41, 5.74) is 1.83. The summed E-state index contributed by atoms with van der Waals surface area (Å²) in [6.45, 7) is 11.0. The second-order valence-corrected chi connectivity index (χ2v) is 6.29. The zero-order valence-electron chi connectivity index (χ0n) is 12.9. The Kier molecular flexibility index (Phi) is 4.69. The molecule has 0 saturated carbocycles. The molecule has 3 heteroatoms. The van der Waals surface area contributed by atoms with E-state index in [-0.39, 0.29) is 0 Å². The molecule has 1 aliphatic rings. The van der Waals surface area contributed by atoms with Crippen LogP contribution >= 0.6 is 0 Å². The van der Waals surface area contributed by atoms with E-state index in [9.17, 15) is 0 Å². The third-order valence-corrected chi connectivity index (χ3v) is 4.71. The highest BCUT2D eigenvalue weighted by Gasteiger charge is 2.28. The van der Waals surface area contributed by atoms with Crippen LogP contribution in [0.15, 0.2) is 10.5 Å². The first-order chi connectivity index (χ1) is 9.06. The van der Waals surface area contributed by atoms with Crippen LogP contribution in [0.1, 0.15) is 50.2 Å². The van der Waals surface area contributed by atoms with Crippen LogP contribution in [-0.2, 0) is 13.1 Å². The zero-order valence-corrected chi connectivity index (χ0v) is 12.9. The van der Waals surface area contributed by atoms with Crippen molar-refractivity contribution in [1.29, 1.82) is 0 Å². The summed E-state index contributed by atoms with van der Waals surface area (Å²) in [4.78, 5) is 2.53. The van der Waals surface area contributed by atoms with Gasteiger partial charge in [-0.1, -0.05) is 20.3 Å². The fourth-order valence-electron chi connectivity index (χ4n) is 2.83. The van der Waals surface area contributed by atoms with Crippen molar-refractivity contribution in [2.24, 2.45) is 5.41 Å². The first kappa shape index (κ1) is 14.6. The summed E-state index contributed by atoms with van der Waals surface area (Å²) in [5.74, 6) is 2.19. The van der Waals surface area contributed by atoms with E-state index in [0.717, 1.165) is 24.6 Å². The highest BCUT2D eigenvalue weighted by atomic mass is 16.3. The lowest BCUT2D eigenvalue weighted by Crippen LogP contribution is -2.37. The smallest absolute Gasteiger partial charge is 0.120 e. The Bertz CT molecular complexity index is 403. The van der Waals surface area contributed by atoms with E-state index in [1.807, 2.05) is 7.05 Å². The number of furan rings is 1. The van der Waals surface area contributed by atoms with Crippen LogP contribution in [0.5, 0.6) is 0 Å². The number of likely N-dealkylation sites (tertiary alicyclic amines) is 1. The van der Waals surface area contributed by atoms with E-state index in [4.69, 9.17) is 4.42 Å².